The number of unbranched alkanes of at least 4 members (excludes halogenated alkanes) is 30. The minimum absolute atomic E-state index is 0.103. The zero-order valence-electron chi connectivity index (χ0n) is 56.6. The van der Waals surface area contributed by atoms with E-state index in [0.29, 0.717) is 25.7 Å². The van der Waals surface area contributed by atoms with Gasteiger partial charge in [0.2, 0.25) is 0 Å². The Bertz CT molecular complexity index is 1730. The van der Waals surface area contributed by atoms with Crippen molar-refractivity contribution < 1.29 is 80.2 Å². The van der Waals surface area contributed by atoms with Crippen LogP contribution in [0, 0.1) is 23.7 Å². The molecule has 0 saturated carbocycles. The Hall–Kier alpha value is -1.94. The van der Waals surface area contributed by atoms with Crippen LogP contribution in [-0.2, 0) is 65.4 Å². The minimum Gasteiger partial charge on any atom is -0.462 e. The highest BCUT2D eigenvalue weighted by molar-refractivity contribution is 7.47. The Morgan fingerprint density at radius 1 is 0.322 bits per heavy atom. The summed E-state index contributed by atoms with van der Waals surface area (Å²) in [5.41, 5.74) is 0. The highest BCUT2D eigenvalue weighted by Gasteiger charge is 2.30. The fourth-order valence-corrected chi connectivity index (χ4v) is 11.7. The van der Waals surface area contributed by atoms with Crippen LogP contribution < -0.4 is 0 Å². The second kappa shape index (κ2) is 57.9. The maximum Gasteiger partial charge on any atom is 0.472 e. The third-order valence-corrected chi connectivity index (χ3v) is 17.8. The molecule has 3 N–H and O–H groups in total. The van der Waals surface area contributed by atoms with Crippen molar-refractivity contribution in [3.63, 3.8) is 0 Å². The van der Waals surface area contributed by atoms with Crippen LogP contribution in [0.2, 0.25) is 0 Å². The molecule has 0 spiro atoms. The molecule has 19 heteroatoms. The molecule has 87 heavy (non-hydrogen) atoms. The van der Waals surface area contributed by atoms with E-state index in [4.69, 9.17) is 37.0 Å². The van der Waals surface area contributed by atoms with E-state index in [1.165, 1.54) is 128 Å². The van der Waals surface area contributed by atoms with Crippen LogP contribution in [0.15, 0.2) is 0 Å². The summed E-state index contributed by atoms with van der Waals surface area (Å²) >= 11 is 0. The van der Waals surface area contributed by atoms with Crippen molar-refractivity contribution in [2.45, 2.75) is 350 Å². The molecule has 0 aliphatic carbocycles. The summed E-state index contributed by atoms with van der Waals surface area (Å²) in [6.45, 7) is 14.0. The van der Waals surface area contributed by atoms with E-state index in [9.17, 15) is 43.2 Å². The van der Waals surface area contributed by atoms with Gasteiger partial charge >= 0.3 is 39.5 Å². The summed E-state index contributed by atoms with van der Waals surface area (Å²) in [5, 5.41) is 10.6. The summed E-state index contributed by atoms with van der Waals surface area (Å²) in [4.78, 5) is 72.4. The maximum absolute atomic E-state index is 13.0. The molecule has 516 valence electrons. The maximum atomic E-state index is 13.0. The lowest BCUT2D eigenvalue weighted by Gasteiger charge is -2.21. The third kappa shape index (κ3) is 61.3. The van der Waals surface area contributed by atoms with E-state index in [1.54, 1.807) is 0 Å². The smallest absolute Gasteiger partial charge is 0.462 e. The van der Waals surface area contributed by atoms with Crippen LogP contribution >= 0.6 is 15.6 Å². The Balaban J connectivity index is 5.26. The van der Waals surface area contributed by atoms with Gasteiger partial charge in [-0.1, -0.05) is 280 Å². The first-order chi connectivity index (χ1) is 41.6. The molecule has 0 aliphatic rings. The van der Waals surface area contributed by atoms with E-state index in [1.807, 2.05) is 0 Å². The van der Waals surface area contributed by atoms with Crippen LogP contribution in [0.25, 0.3) is 0 Å². The number of carbonyl (C=O) groups excluding carboxylic acids is 4. The average molecular weight is 1280 g/mol. The predicted octanol–water partition coefficient (Wildman–Crippen LogP) is 18.9. The quantitative estimate of drug-likeness (QED) is 0.0222. The van der Waals surface area contributed by atoms with Gasteiger partial charge in [0.05, 0.1) is 26.4 Å². The highest BCUT2D eigenvalue weighted by atomic mass is 31.2. The lowest BCUT2D eigenvalue weighted by molar-refractivity contribution is -0.161. The summed E-state index contributed by atoms with van der Waals surface area (Å²) < 4.78 is 68.2. The fourth-order valence-electron chi connectivity index (χ4n) is 10.1. The van der Waals surface area contributed by atoms with E-state index in [0.717, 1.165) is 120 Å². The van der Waals surface area contributed by atoms with Gasteiger partial charge in [0.1, 0.15) is 19.3 Å². The average Bonchev–Trinajstić information content (AvgIpc) is 3.68. The molecule has 0 aromatic rings. The molecule has 0 rings (SSSR count). The molecule has 0 aromatic heterocycles. The number of carbonyl (C=O) groups is 4. The number of aliphatic hydroxyl groups is 1. The van der Waals surface area contributed by atoms with Crippen molar-refractivity contribution in [3.05, 3.63) is 0 Å². The molecule has 0 fully saturated rings. The first-order valence-electron chi connectivity index (χ1n) is 35.2. The number of aliphatic hydroxyl groups excluding tert-OH is 1. The molecule has 0 saturated heterocycles. The van der Waals surface area contributed by atoms with Crippen LogP contribution in [0.1, 0.15) is 331 Å². The summed E-state index contributed by atoms with van der Waals surface area (Å²) in [6, 6.07) is 0. The monoisotopic (exact) mass is 1280 g/mol. The number of phosphoric acid groups is 2. The summed E-state index contributed by atoms with van der Waals surface area (Å²) in [5.74, 6) is 0.824. The van der Waals surface area contributed by atoms with Gasteiger partial charge in [-0.2, -0.15) is 0 Å². The molecule has 0 bridgehead atoms. The van der Waals surface area contributed by atoms with Crippen molar-refractivity contribution in [2.75, 3.05) is 39.6 Å². The third-order valence-electron chi connectivity index (χ3n) is 15.9. The van der Waals surface area contributed by atoms with Gasteiger partial charge in [-0.05, 0) is 49.4 Å². The lowest BCUT2D eigenvalue weighted by atomic mass is 10.00. The molecule has 0 aliphatic heterocycles. The number of hydrogen-bond donors (Lipinski definition) is 3. The van der Waals surface area contributed by atoms with Crippen molar-refractivity contribution in [1.82, 2.24) is 0 Å². The van der Waals surface area contributed by atoms with Crippen molar-refractivity contribution in [2.24, 2.45) is 23.7 Å². The van der Waals surface area contributed by atoms with Crippen molar-refractivity contribution in [3.8, 4) is 0 Å². The number of ether oxygens (including phenoxy) is 4. The standard InChI is InChI=1S/C68H132O17P2/c1-9-61(8)47-39-31-26-27-33-41-49-66(71)79-55-64(84-67(72)50-42-34-24-16-12-10-11-14-20-28-36-44-58(2)3)57-83-87(76,77)81-53-62(69)52-80-86(74,75)82-56-63(85-68(73)51-43-35-25-19-18-22-30-38-46-60(6)7)54-78-65(70)48-40-32-23-17-13-15-21-29-37-45-59(4)5/h58-64,69H,9-57H2,1-8H3,(H,74,75)(H,76,77)/t61?,62-,63-,64-/m1/s1. The number of phosphoric ester groups is 2. The van der Waals surface area contributed by atoms with E-state index >= 15 is 0 Å². The Labute approximate surface area is 530 Å². The topological polar surface area (TPSA) is 237 Å². The van der Waals surface area contributed by atoms with Gasteiger partial charge < -0.3 is 33.8 Å². The zero-order valence-corrected chi connectivity index (χ0v) is 58.4. The minimum atomic E-state index is -4.95. The van der Waals surface area contributed by atoms with E-state index in [-0.39, 0.29) is 25.7 Å². The second-order valence-corrected chi connectivity index (χ2v) is 29.1. The van der Waals surface area contributed by atoms with Crippen LogP contribution in [0.5, 0.6) is 0 Å². The Kier molecular flexibility index (Phi) is 56.6. The SMILES string of the molecule is CCC(C)CCCCCCCCC(=O)OC[C@H](COP(=O)(O)OC[C@H](O)COP(=O)(O)OC[C@@H](COC(=O)CCCCCCCCCCCC(C)C)OC(=O)CCCCCCCCCCC(C)C)OC(=O)CCCCCCCCCCCCCC(C)C. The molecular formula is C68H132O17P2. The van der Waals surface area contributed by atoms with E-state index < -0.39 is 97.5 Å². The normalized spacial score (nSPS) is 14.6. The van der Waals surface area contributed by atoms with Gasteiger partial charge in [-0.25, -0.2) is 9.13 Å². The van der Waals surface area contributed by atoms with Crippen LogP contribution in [0.3, 0.4) is 0 Å². The molecular weight excluding hydrogens is 1150 g/mol. The van der Waals surface area contributed by atoms with Crippen molar-refractivity contribution >= 4 is 39.5 Å². The van der Waals surface area contributed by atoms with Crippen molar-refractivity contribution in [1.29, 1.82) is 0 Å². The number of esters is 4. The number of hydrogen-bond acceptors (Lipinski definition) is 15. The van der Waals surface area contributed by atoms with Crippen LogP contribution in [-0.4, -0.2) is 96.7 Å². The summed E-state index contributed by atoms with van der Waals surface area (Å²) in [6.07, 6.45) is 39.0. The second-order valence-electron chi connectivity index (χ2n) is 26.2. The van der Waals surface area contributed by atoms with E-state index in [2.05, 4.69) is 55.4 Å². The van der Waals surface area contributed by atoms with Crippen LogP contribution in [0.4, 0.5) is 0 Å². The molecule has 0 amide bonds. The molecule has 0 heterocycles. The summed E-state index contributed by atoms with van der Waals surface area (Å²) in [7, 11) is -9.90. The lowest BCUT2D eigenvalue weighted by Crippen LogP contribution is -2.30. The first kappa shape index (κ1) is 85.1. The molecule has 0 aromatic carbocycles. The molecule has 17 nitrogen and oxygen atoms in total. The Morgan fingerprint density at radius 2 is 0.552 bits per heavy atom. The molecule has 0 radical (unpaired) electrons. The van der Waals surface area contributed by atoms with Gasteiger partial charge in [0, 0.05) is 25.7 Å². The van der Waals surface area contributed by atoms with Gasteiger partial charge in [0.25, 0.3) is 0 Å². The molecule has 3 unspecified atom stereocenters. The van der Waals surface area contributed by atoms with Gasteiger partial charge in [-0.15, -0.1) is 0 Å². The Morgan fingerprint density at radius 3 is 0.816 bits per heavy atom. The zero-order chi connectivity index (χ0) is 64.7. The van der Waals surface area contributed by atoms with Gasteiger partial charge in [0.15, 0.2) is 12.2 Å². The molecule has 6 atom stereocenters. The first-order valence-corrected chi connectivity index (χ1v) is 38.2. The number of rotatable bonds is 65. The highest BCUT2D eigenvalue weighted by Crippen LogP contribution is 2.45. The fraction of sp³-hybridized carbons (Fsp3) is 0.941. The van der Waals surface area contributed by atoms with Gasteiger partial charge in [-0.3, -0.25) is 37.3 Å². The largest absolute Gasteiger partial charge is 0.472 e. The predicted molar refractivity (Wildman–Crippen MR) is 349 cm³/mol.